The minimum absolute atomic E-state index is 0.156. The van der Waals surface area contributed by atoms with E-state index in [1.807, 2.05) is 24.4 Å². The summed E-state index contributed by atoms with van der Waals surface area (Å²) in [7, 11) is 0. The van der Waals surface area contributed by atoms with Gasteiger partial charge in [-0.15, -0.1) is 0 Å². The molecule has 0 saturated carbocycles. The van der Waals surface area contributed by atoms with Gasteiger partial charge in [0.25, 0.3) is 0 Å². The maximum absolute atomic E-state index is 12.6. The number of Topliss-reactive ketones (excluding diaryl/α,β-unsaturated/α-hetero) is 1. The number of hydrogen-bond acceptors (Lipinski definition) is 2. The van der Waals surface area contributed by atoms with Gasteiger partial charge in [-0.25, -0.2) is 4.52 Å². The molecule has 0 atom stereocenters. The second-order valence-corrected chi connectivity index (χ2v) is 5.10. The standard InChI is InChI=1S/C16H18N2O/c19-16(13-8-4-2-1-3-5-9-13)14-12-17-18-11-7-6-10-15(14)18/h6-8,10-12H,1-5,9H2/b13-8+. The van der Waals surface area contributed by atoms with Crippen molar-refractivity contribution in [2.45, 2.75) is 38.5 Å². The van der Waals surface area contributed by atoms with Crippen LogP contribution in [-0.4, -0.2) is 15.4 Å². The fraction of sp³-hybridized carbons (Fsp3) is 0.375. The molecular weight excluding hydrogens is 236 g/mol. The SMILES string of the molecule is O=C(/C1=C/CCCCCC1)c1cnn2ccccc12. The van der Waals surface area contributed by atoms with Crippen LogP contribution in [0, 0.1) is 0 Å². The monoisotopic (exact) mass is 254 g/mol. The number of carbonyl (C=O) groups is 1. The van der Waals surface area contributed by atoms with Crippen molar-refractivity contribution in [1.29, 1.82) is 0 Å². The molecule has 2 aromatic rings. The lowest BCUT2D eigenvalue weighted by Crippen LogP contribution is -2.05. The third-order valence-corrected chi connectivity index (χ3v) is 3.75. The van der Waals surface area contributed by atoms with E-state index in [2.05, 4.69) is 11.2 Å². The molecule has 19 heavy (non-hydrogen) atoms. The number of ketones is 1. The normalized spacial score (nSPS) is 19.5. The molecule has 0 fully saturated rings. The second-order valence-electron chi connectivity index (χ2n) is 5.10. The fourth-order valence-corrected chi connectivity index (χ4v) is 2.68. The van der Waals surface area contributed by atoms with Crippen LogP contribution >= 0.6 is 0 Å². The van der Waals surface area contributed by atoms with E-state index in [0.717, 1.165) is 35.9 Å². The minimum Gasteiger partial charge on any atom is -0.289 e. The summed E-state index contributed by atoms with van der Waals surface area (Å²) in [6.07, 6.45) is 12.5. The highest BCUT2D eigenvalue weighted by molar-refractivity contribution is 6.12. The van der Waals surface area contributed by atoms with E-state index in [4.69, 9.17) is 0 Å². The number of rotatable bonds is 2. The molecule has 0 N–H and O–H groups in total. The van der Waals surface area contributed by atoms with Gasteiger partial charge in [0.15, 0.2) is 5.78 Å². The summed E-state index contributed by atoms with van der Waals surface area (Å²) < 4.78 is 1.76. The second kappa shape index (κ2) is 5.39. The summed E-state index contributed by atoms with van der Waals surface area (Å²) in [5.74, 6) is 0.156. The number of carbonyl (C=O) groups excluding carboxylic acids is 1. The predicted octanol–water partition coefficient (Wildman–Crippen LogP) is 3.80. The topological polar surface area (TPSA) is 34.4 Å². The number of allylic oxidation sites excluding steroid dienone is 2. The Kier molecular flexibility index (Phi) is 3.45. The number of nitrogens with zero attached hydrogens (tertiary/aromatic N) is 2. The van der Waals surface area contributed by atoms with E-state index in [1.165, 1.54) is 19.3 Å². The van der Waals surface area contributed by atoms with Crippen molar-refractivity contribution in [3.8, 4) is 0 Å². The molecule has 98 valence electrons. The molecule has 0 bridgehead atoms. The third-order valence-electron chi connectivity index (χ3n) is 3.75. The zero-order valence-corrected chi connectivity index (χ0v) is 11.0. The molecule has 2 aromatic heterocycles. The smallest absolute Gasteiger partial charge is 0.192 e. The van der Waals surface area contributed by atoms with Crippen LogP contribution in [0.2, 0.25) is 0 Å². The van der Waals surface area contributed by atoms with E-state index in [1.54, 1.807) is 10.7 Å². The predicted molar refractivity (Wildman–Crippen MR) is 75.3 cm³/mol. The lowest BCUT2D eigenvalue weighted by Gasteiger charge is -2.09. The van der Waals surface area contributed by atoms with Gasteiger partial charge < -0.3 is 0 Å². The number of aromatic nitrogens is 2. The van der Waals surface area contributed by atoms with Crippen LogP contribution in [0.1, 0.15) is 48.9 Å². The Balaban J connectivity index is 1.94. The summed E-state index contributed by atoms with van der Waals surface area (Å²) in [6, 6.07) is 5.81. The van der Waals surface area contributed by atoms with Crippen LogP contribution in [0.25, 0.3) is 5.52 Å². The third kappa shape index (κ3) is 2.46. The van der Waals surface area contributed by atoms with Crippen molar-refractivity contribution in [1.82, 2.24) is 9.61 Å². The summed E-state index contributed by atoms with van der Waals surface area (Å²) in [5, 5.41) is 4.25. The lowest BCUT2D eigenvalue weighted by molar-refractivity contribution is 0.103. The van der Waals surface area contributed by atoms with Crippen LogP contribution in [0.4, 0.5) is 0 Å². The van der Waals surface area contributed by atoms with E-state index in [-0.39, 0.29) is 5.78 Å². The van der Waals surface area contributed by atoms with Gasteiger partial charge in [0, 0.05) is 6.20 Å². The molecule has 3 heteroatoms. The average Bonchev–Trinajstić information content (AvgIpc) is 2.81. The van der Waals surface area contributed by atoms with Crippen LogP contribution in [0.3, 0.4) is 0 Å². The fourth-order valence-electron chi connectivity index (χ4n) is 2.68. The first-order valence-electron chi connectivity index (χ1n) is 7.02. The first kappa shape index (κ1) is 12.2. The maximum atomic E-state index is 12.6. The van der Waals surface area contributed by atoms with E-state index in [9.17, 15) is 4.79 Å². The molecule has 0 radical (unpaired) electrons. The molecule has 0 spiro atoms. The zero-order valence-electron chi connectivity index (χ0n) is 11.0. The minimum atomic E-state index is 0.156. The van der Waals surface area contributed by atoms with Crippen molar-refractivity contribution in [2.75, 3.05) is 0 Å². The highest BCUT2D eigenvalue weighted by atomic mass is 16.1. The largest absolute Gasteiger partial charge is 0.289 e. The van der Waals surface area contributed by atoms with Gasteiger partial charge in [0.2, 0.25) is 0 Å². The van der Waals surface area contributed by atoms with Crippen molar-refractivity contribution in [3.05, 3.63) is 47.8 Å². The van der Waals surface area contributed by atoms with Gasteiger partial charge >= 0.3 is 0 Å². The molecule has 0 saturated heterocycles. The summed E-state index contributed by atoms with van der Waals surface area (Å²) in [5.41, 5.74) is 2.60. The van der Waals surface area contributed by atoms with Gasteiger partial charge in [-0.1, -0.05) is 25.0 Å². The summed E-state index contributed by atoms with van der Waals surface area (Å²) >= 11 is 0. The van der Waals surface area contributed by atoms with Crippen molar-refractivity contribution in [2.24, 2.45) is 0 Å². The van der Waals surface area contributed by atoms with Gasteiger partial charge in [-0.3, -0.25) is 4.79 Å². The molecule has 3 rings (SSSR count). The molecule has 1 aliphatic rings. The number of fused-ring (bicyclic) bond motifs is 1. The van der Waals surface area contributed by atoms with E-state index in [0.29, 0.717) is 0 Å². The van der Waals surface area contributed by atoms with Gasteiger partial charge in [0.05, 0.1) is 17.3 Å². The summed E-state index contributed by atoms with van der Waals surface area (Å²) in [4.78, 5) is 12.6. The van der Waals surface area contributed by atoms with Crippen LogP contribution in [-0.2, 0) is 0 Å². The molecule has 0 aromatic carbocycles. The van der Waals surface area contributed by atoms with Crippen LogP contribution < -0.4 is 0 Å². The molecule has 1 aliphatic carbocycles. The van der Waals surface area contributed by atoms with E-state index >= 15 is 0 Å². The lowest BCUT2D eigenvalue weighted by atomic mass is 9.94. The Morgan fingerprint density at radius 2 is 2.05 bits per heavy atom. The Labute approximate surface area is 112 Å². The molecule has 3 nitrogen and oxygen atoms in total. The first-order chi connectivity index (χ1) is 9.36. The average molecular weight is 254 g/mol. The Hall–Kier alpha value is -1.90. The molecule has 2 heterocycles. The molecular formula is C16H18N2O. The quantitative estimate of drug-likeness (QED) is 0.764. The first-order valence-corrected chi connectivity index (χ1v) is 7.02. The molecule has 0 aliphatic heterocycles. The number of pyridine rings is 1. The molecule has 0 unspecified atom stereocenters. The highest BCUT2D eigenvalue weighted by Gasteiger charge is 2.17. The van der Waals surface area contributed by atoms with Gasteiger partial charge in [-0.2, -0.15) is 5.10 Å². The van der Waals surface area contributed by atoms with Gasteiger partial charge in [0.1, 0.15) is 0 Å². The summed E-state index contributed by atoms with van der Waals surface area (Å²) in [6.45, 7) is 0. The Morgan fingerprint density at radius 1 is 1.16 bits per heavy atom. The highest BCUT2D eigenvalue weighted by Crippen LogP contribution is 2.22. The number of hydrogen-bond donors (Lipinski definition) is 0. The zero-order chi connectivity index (χ0) is 13.1. The van der Waals surface area contributed by atoms with Crippen molar-refractivity contribution in [3.63, 3.8) is 0 Å². The molecule has 0 amide bonds. The van der Waals surface area contributed by atoms with E-state index < -0.39 is 0 Å². The Morgan fingerprint density at radius 3 is 3.00 bits per heavy atom. The maximum Gasteiger partial charge on any atom is 0.192 e. The van der Waals surface area contributed by atoms with Crippen LogP contribution in [0.5, 0.6) is 0 Å². The van der Waals surface area contributed by atoms with Gasteiger partial charge in [-0.05, 0) is 43.4 Å². The van der Waals surface area contributed by atoms with Crippen LogP contribution in [0.15, 0.2) is 42.2 Å². The van der Waals surface area contributed by atoms with Crippen molar-refractivity contribution >= 4 is 11.3 Å². The Bertz CT molecular complexity index is 624. The van der Waals surface area contributed by atoms with Crippen molar-refractivity contribution < 1.29 is 4.79 Å².